The van der Waals surface area contributed by atoms with E-state index in [1.807, 2.05) is 0 Å². The average Bonchev–Trinajstić information content (AvgIpc) is 2.52. The Balaban J connectivity index is 1.76. The van der Waals surface area contributed by atoms with Crippen LogP contribution in [0, 0.1) is 6.92 Å². The third-order valence-electron chi connectivity index (χ3n) is 2.81. The summed E-state index contributed by atoms with van der Waals surface area (Å²) >= 11 is 1.73. The number of aryl methyl sites for hydroxylation is 1. The Labute approximate surface area is 95.3 Å². The van der Waals surface area contributed by atoms with Crippen molar-refractivity contribution in [3.63, 3.8) is 0 Å². The van der Waals surface area contributed by atoms with Gasteiger partial charge in [0.1, 0.15) is 0 Å². The van der Waals surface area contributed by atoms with E-state index in [-0.39, 0.29) is 0 Å². The number of thiazole rings is 1. The third-order valence-corrected chi connectivity index (χ3v) is 3.64. The molecule has 2 heterocycles. The van der Waals surface area contributed by atoms with Crippen molar-refractivity contribution in [3.05, 3.63) is 16.1 Å². The monoisotopic (exact) mass is 225 g/mol. The molecular weight excluding hydrogens is 206 g/mol. The van der Waals surface area contributed by atoms with Crippen molar-refractivity contribution in [2.24, 2.45) is 0 Å². The van der Waals surface area contributed by atoms with Crippen LogP contribution in [0.15, 0.2) is 5.38 Å². The summed E-state index contributed by atoms with van der Waals surface area (Å²) in [7, 11) is 0. The van der Waals surface area contributed by atoms with E-state index in [2.05, 4.69) is 27.9 Å². The smallest absolute Gasteiger partial charge is 0.0897 e. The van der Waals surface area contributed by atoms with E-state index in [1.54, 1.807) is 11.3 Å². The summed E-state index contributed by atoms with van der Waals surface area (Å²) in [5, 5.41) is 10.3. The van der Waals surface area contributed by atoms with Gasteiger partial charge in [0.05, 0.1) is 10.7 Å². The van der Waals surface area contributed by atoms with Crippen LogP contribution in [0.2, 0.25) is 0 Å². The minimum Gasteiger partial charge on any atom is -0.317 e. The Bertz CT molecular complexity index is 290. The largest absolute Gasteiger partial charge is 0.317 e. The van der Waals surface area contributed by atoms with Gasteiger partial charge in [0, 0.05) is 18.0 Å². The van der Waals surface area contributed by atoms with Crippen molar-refractivity contribution < 1.29 is 0 Å². The van der Waals surface area contributed by atoms with Gasteiger partial charge in [-0.2, -0.15) is 0 Å². The van der Waals surface area contributed by atoms with Gasteiger partial charge in [0.15, 0.2) is 0 Å². The van der Waals surface area contributed by atoms with E-state index in [1.165, 1.54) is 31.5 Å². The molecule has 1 atom stereocenters. The molecule has 0 radical (unpaired) electrons. The van der Waals surface area contributed by atoms with Gasteiger partial charge in [0.25, 0.3) is 0 Å². The fourth-order valence-corrected chi connectivity index (χ4v) is 2.57. The van der Waals surface area contributed by atoms with Crippen molar-refractivity contribution in [3.8, 4) is 0 Å². The predicted molar refractivity (Wildman–Crippen MR) is 64.2 cm³/mol. The summed E-state index contributed by atoms with van der Waals surface area (Å²) in [5.41, 5.74) is 1.19. The number of hydrogen-bond donors (Lipinski definition) is 2. The van der Waals surface area contributed by atoms with Gasteiger partial charge >= 0.3 is 0 Å². The minimum atomic E-state index is 0.669. The lowest BCUT2D eigenvalue weighted by Gasteiger charge is -2.14. The number of aromatic nitrogens is 1. The topological polar surface area (TPSA) is 37.0 Å². The second-order valence-electron chi connectivity index (χ2n) is 4.12. The van der Waals surface area contributed by atoms with Crippen molar-refractivity contribution >= 4 is 11.3 Å². The van der Waals surface area contributed by atoms with Gasteiger partial charge in [-0.05, 0) is 39.3 Å². The molecule has 1 saturated heterocycles. The van der Waals surface area contributed by atoms with E-state index >= 15 is 0 Å². The van der Waals surface area contributed by atoms with E-state index in [9.17, 15) is 0 Å². The number of nitrogens with zero attached hydrogens (tertiary/aromatic N) is 1. The average molecular weight is 225 g/mol. The fraction of sp³-hybridized carbons (Fsp3) is 0.727. The second kappa shape index (κ2) is 5.58. The van der Waals surface area contributed by atoms with E-state index in [4.69, 9.17) is 0 Å². The standard InChI is InChI=1S/C11H19N3S/c1-9-14-11(8-15-9)7-13-10-3-2-5-12-6-4-10/h8,10,12-13H,2-7H2,1H3. The maximum atomic E-state index is 4.46. The second-order valence-corrected chi connectivity index (χ2v) is 5.18. The molecule has 0 amide bonds. The number of hydrogen-bond acceptors (Lipinski definition) is 4. The summed E-state index contributed by atoms with van der Waals surface area (Å²) < 4.78 is 0. The van der Waals surface area contributed by atoms with Crippen molar-refractivity contribution in [1.29, 1.82) is 0 Å². The van der Waals surface area contributed by atoms with E-state index in [0.717, 1.165) is 18.1 Å². The molecule has 1 aliphatic heterocycles. The molecule has 84 valence electrons. The molecule has 1 aromatic rings. The molecule has 0 saturated carbocycles. The lowest BCUT2D eigenvalue weighted by molar-refractivity contribution is 0.466. The molecule has 3 nitrogen and oxygen atoms in total. The van der Waals surface area contributed by atoms with Gasteiger partial charge in [-0.15, -0.1) is 11.3 Å². The molecule has 2 N–H and O–H groups in total. The van der Waals surface area contributed by atoms with E-state index in [0.29, 0.717) is 6.04 Å². The van der Waals surface area contributed by atoms with Crippen LogP contribution in [0.5, 0.6) is 0 Å². The van der Waals surface area contributed by atoms with Crippen molar-refractivity contribution in [2.45, 2.75) is 38.8 Å². The first-order chi connectivity index (χ1) is 7.34. The van der Waals surface area contributed by atoms with Gasteiger partial charge < -0.3 is 10.6 Å². The highest BCUT2D eigenvalue weighted by atomic mass is 32.1. The minimum absolute atomic E-state index is 0.669. The van der Waals surface area contributed by atoms with Gasteiger partial charge in [-0.25, -0.2) is 4.98 Å². The van der Waals surface area contributed by atoms with Crippen LogP contribution in [-0.4, -0.2) is 24.1 Å². The van der Waals surface area contributed by atoms with Crippen LogP contribution in [0.4, 0.5) is 0 Å². The maximum absolute atomic E-state index is 4.46. The Morgan fingerprint density at radius 1 is 1.53 bits per heavy atom. The molecule has 1 aromatic heterocycles. The zero-order valence-corrected chi connectivity index (χ0v) is 10.1. The number of nitrogens with one attached hydrogen (secondary N) is 2. The predicted octanol–water partition coefficient (Wildman–Crippen LogP) is 1.68. The molecular formula is C11H19N3S. The van der Waals surface area contributed by atoms with Crippen LogP contribution >= 0.6 is 11.3 Å². The van der Waals surface area contributed by atoms with E-state index < -0.39 is 0 Å². The molecule has 0 aromatic carbocycles. The molecule has 0 bridgehead atoms. The van der Waals surface area contributed by atoms with Gasteiger partial charge in [0.2, 0.25) is 0 Å². The molecule has 1 aliphatic rings. The van der Waals surface area contributed by atoms with Gasteiger partial charge in [-0.1, -0.05) is 0 Å². The molecule has 15 heavy (non-hydrogen) atoms. The first-order valence-electron chi connectivity index (χ1n) is 5.70. The highest BCUT2D eigenvalue weighted by molar-refractivity contribution is 7.09. The van der Waals surface area contributed by atoms with Crippen LogP contribution in [0.25, 0.3) is 0 Å². The molecule has 4 heteroatoms. The highest BCUT2D eigenvalue weighted by Crippen LogP contribution is 2.10. The normalized spacial score (nSPS) is 22.6. The summed E-state index contributed by atoms with van der Waals surface area (Å²) in [6.45, 7) is 5.31. The molecule has 0 spiro atoms. The van der Waals surface area contributed by atoms with Crippen molar-refractivity contribution in [2.75, 3.05) is 13.1 Å². The number of rotatable bonds is 3. The Hall–Kier alpha value is -0.450. The van der Waals surface area contributed by atoms with Gasteiger partial charge in [-0.3, -0.25) is 0 Å². The Morgan fingerprint density at radius 2 is 2.47 bits per heavy atom. The lowest BCUT2D eigenvalue weighted by atomic mass is 10.1. The van der Waals surface area contributed by atoms with Crippen molar-refractivity contribution in [1.82, 2.24) is 15.6 Å². The highest BCUT2D eigenvalue weighted by Gasteiger charge is 2.11. The molecule has 0 aliphatic carbocycles. The van der Waals surface area contributed by atoms with Crippen LogP contribution in [-0.2, 0) is 6.54 Å². The molecule has 1 fully saturated rings. The summed E-state index contributed by atoms with van der Waals surface area (Å²) in [5.74, 6) is 0. The molecule has 2 rings (SSSR count). The van der Waals surface area contributed by atoms with Crippen LogP contribution < -0.4 is 10.6 Å². The zero-order valence-electron chi connectivity index (χ0n) is 9.25. The van der Waals surface area contributed by atoms with Crippen LogP contribution in [0.3, 0.4) is 0 Å². The summed E-state index contributed by atoms with van der Waals surface area (Å²) in [6, 6.07) is 0.669. The first-order valence-corrected chi connectivity index (χ1v) is 6.57. The zero-order chi connectivity index (χ0) is 10.5. The first kappa shape index (κ1) is 11.0. The Kier molecular flexibility index (Phi) is 4.11. The summed E-state index contributed by atoms with van der Waals surface area (Å²) in [4.78, 5) is 4.46. The fourth-order valence-electron chi connectivity index (χ4n) is 1.96. The third kappa shape index (κ3) is 3.55. The Morgan fingerprint density at radius 3 is 3.27 bits per heavy atom. The quantitative estimate of drug-likeness (QED) is 0.822. The maximum Gasteiger partial charge on any atom is 0.0897 e. The SMILES string of the molecule is Cc1nc(CNC2CCCNCC2)cs1. The van der Waals surface area contributed by atoms with Crippen LogP contribution in [0.1, 0.15) is 30.0 Å². The molecule has 1 unspecified atom stereocenters. The summed E-state index contributed by atoms with van der Waals surface area (Å²) in [6.07, 6.45) is 3.81. The lowest BCUT2D eigenvalue weighted by Crippen LogP contribution is -2.29.